The van der Waals surface area contributed by atoms with Gasteiger partial charge in [-0.2, -0.15) is 0 Å². The lowest BCUT2D eigenvalue weighted by atomic mass is 10.1. The summed E-state index contributed by atoms with van der Waals surface area (Å²) in [6.07, 6.45) is 1.91. The summed E-state index contributed by atoms with van der Waals surface area (Å²) < 4.78 is 16.9. The molecule has 0 spiro atoms. The highest BCUT2D eigenvalue weighted by Crippen LogP contribution is 2.28. The van der Waals surface area contributed by atoms with Crippen molar-refractivity contribution >= 4 is 34.5 Å². The van der Waals surface area contributed by atoms with E-state index in [2.05, 4.69) is 27.3 Å². The smallest absolute Gasteiger partial charge is 0.350 e. The molecule has 0 unspecified atom stereocenters. The highest BCUT2D eigenvalue weighted by molar-refractivity contribution is 14.1. The summed E-state index contributed by atoms with van der Waals surface area (Å²) in [6, 6.07) is 5.79. The van der Waals surface area contributed by atoms with Crippen molar-refractivity contribution in [1.29, 1.82) is 0 Å². The fourth-order valence-electron chi connectivity index (χ4n) is 2.04. The minimum absolute atomic E-state index is 0.200. The normalized spacial score (nSPS) is 11.8. The van der Waals surface area contributed by atoms with Crippen molar-refractivity contribution < 1.29 is 23.8 Å². The summed E-state index contributed by atoms with van der Waals surface area (Å²) in [7, 11) is 1.39. The first-order valence-corrected chi connectivity index (χ1v) is 9.30. The van der Waals surface area contributed by atoms with Crippen molar-refractivity contribution in [3.8, 4) is 5.75 Å². The number of rotatable bonds is 7. The van der Waals surface area contributed by atoms with Crippen LogP contribution in [0.15, 0.2) is 18.2 Å². The van der Waals surface area contributed by atoms with Gasteiger partial charge in [-0.15, -0.1) is 0 Å². The number of ether oxygens (including phenoxy) is 3. The predicted octanol–water partition coefficient (Wildman–Crippen LogP) is 4.29. The van der Waals surface area contributed by atoms with Gasteiger partial charge in [0.05, 0.1) is 10.7 Å². The molecular weight excluding hydrogens is 435 g/mol. The zero-order chi connectivity index (χ0) is 19.3. The van der Waals surface area contributed by atoms with E-state index in [1.165, 1.54) is 7.11 Å². The van der Waals surface area contributed by atoms with Crippen LogP contribution >= 0.6 is 22.6 Å². The fourth-order valence-corrected chi connectivity index (χ4v) is 2.73. The van der Waals surface area contributed by atoms with Crippen LogP contribution in [0.25, 0.3) is 0 Å². The van der Waals surface area contributed by atoms with E-state index in [9.17, 15) is 9.59 Å². The van der Waals surface area contributed by atoms with Gasteiger partial charge in [0.25, 0.3) is 0 Å². The van der Waals surface area contributed by atoms with E-state index < -0.39 is 17.2 Å². The molecule has 0 fully saturated rings. The molecule has 0 saturated heterocycles. The third-order valence-electron chi connectivity index (χ3n) is 3.33. The van der Waals surface area contributed by atoms with Crippen molar-refractivity contribution in [2.24, 2.45) is 0 Å². The third-order valence-corrected chi connectivity index (χ3v) is 4.17. The highest BCUT2D eigenvalue weighted by Gasteiger charge is 2.35. The first-order chi connectivity index (χ1) is 11.4. The summed E-state index contributed by atoms with van der Waals surface area (Å²) in [5.74, 6) is 0.0277. The molecule has 6 heteroatoms. The standard InChI is InChI=1S/C19H27IO5/c1-18(2,3)25-17(22)19(4,5)24-15-11-10-13(12-14(15)20)8-7-9-16(21)23-6/h10-12H,7-9H2,1-6H3. The minimum atomic E-state index is -1.08. The number of methoxy groups -OCH3 is 1. The Morgan fingerprint density at radius 3 is 2.28 bits per heavy atom. The summed E-state index contributed by atoms with van der Waals surface area (Å²) >= 11 is 2.18. The lowest BCUT2D eigenvalue weighted by Crippen LogP contribution is -2.43. The van der Waals surface area contributed by atoms with Crippen LogP contribution in [0.3, 0.4) is 0 Å². The van der Waals surface area contributed by atoms with E-state index in [0.717, 1.165) is 22.0 Å². The molecule has 0 N–H and O–H groups in total. The monoisotopic (exact) mass is 462 g/mol. The molecule has 25 heavy (non-hydrogen) atoms. The second kappa shape index (κ2) is 8.87. The maximum Gasteiger partial charge on any atom is 0.350 e. The summed E-state index contributed by atoms with van der Waals surface area (Å²) in [5.41, 5.74) is -0.538. The summed E-state index contributed by atoms with van der Waals surface area (Å²) in [4.78, 5) is 23.5. The van der Waals surface area contributed by atoms with Gasteiger partial charge >= 0.3 is 11.9 Å². The average molecular weight is 462 g/mol. The molecule has 0 amide bonds. The van der Waals surface area contributed by atoms with Gasteiger partial charge in [0.1, 0.15) is 11.4 Å². The number of benzene rings is 1. The van der Waals surface area contributed by atoms with Crippen LogP contribution in [-0.2, 0) is 25.5 Å². The Bertz CT molecular complexity index is 617. The Morgan fingerprint density at radius 1 is 1.12 bits per heavy atom. The molecular formula is C19H27IO5. The van der Waals surface area contributed by atoms with Gasteiger partial charge in [-0.05, 0) is 87.7 Å². The van der Waals surface area contributed by atoms with Crippen molar-refractivity contribution in [2.45, 2.75) is 65.1 Å². The molecule has 1 rings (SSSR count). The largest absolute Gasteiger partial charge is 0.475 e. The van der Waals surface area contributed by atoms with Gasteiger partial charge in [0.2, 0.25) is 0 Å². The Hall–Kier alpha value is -1.31. The zero-order valence-corrected chi connectivity index (χ0v) is 17.9. The van der Waals surface area contributed by atoms with E-state index in [-0.39, 0.29) is 5.97 Å². The first kappa shape index (κ1) is 21.7. The van der Waals surface area contributed by atoms with Crippen LogP contribution in [0.2, 0.25) is 0 Å². The number of carbonyl (C=O) groups excluding carboxylic acids is 2. The molecule has 0 aliphatic rings. The van der Waals surface area contributed by atoms with E-state index in [1.807, 2.05) is 39.0 Å². The molecule has 0 aromatic heterocycles. The lowest BCUT2D eigenvalue weighted by molar-refractivity contribution is -0.171. The lowest BCUT2D eigenvalue weighted by Gasteiger charge is -2.29. The molecule has 0 radical (unpaired) electrons. The molecule has 0 aliphatic heterocycles. The Balaban J connectivity index is 2.73. The van der Waals surface area contributed by atoms with Crippen LogP contribution in [0.4, 0.5) is 0 Å². The average Bonchev–Trinajstić information content (AvgIpc) is 2.48. The second-order valence-electron chi connectivity index (χ2n) is 7.31. The van der Waals surface area contributed by atoms with Crippen molar-refractivity contribution in [2.75, 3.05) is 7.11 Å². The van der Waals surface area contributed by atoms with E-state index in [1.54, 1.807) is 13.8 Å². The molecule has 1 aromatic rings. The maximum atomic E-state index is 12.3. The zero-order valence-electron chi connectivity index (χ0n) is 15.8. The van der Waals surface area contributed by atoms with Gasteiger partial charge in [0.15, 0.2) is 5.60 Å². The van der Waals surface area contributed by atoms with Gasteiger partial charge in [-0.1, -0.05) is 6.07 Å². The molecule has 0 bridgehead atoms. The third kappa shape index (κ3) is 7.63. The van der Waals surface area contributed by atoms with Gasteiger partial charge in [0, 0.05) is 6.42 Å². The summed E-state index contributed by atoms with van der Waals surface area (Å²) in [6.45, 7) is 8.87. The molecule has 0 atom stereocenters. The Kier molecular flexibility index (Phi) is 7.71. The number of hydrogen-bond acceptors (Lipinski definition) is 5. The van der Waals surface area contributed by atoms with Crippen molar-refractivity contribution in [3.05, 3.63) is 27.3 Å². The van der Waals surface area contributed by atoms with Crippen LogP contribution < -0.4 is 4.74 Å². The number of aryl methyl sites for hydroxylation is 1. The topological polar surface area (TPSA) is 61.8 Å². The predicted molar refractivity (Wildman–Crippen MR) is 105 cm³/mol. The van der Waals surface area contributed by atoms with Crippen LogP contribution in [-0.4, -0.2) is 30.3 Å². The molecule has 0 aliphatic carbocycles. The van der Waals surface area contributed by atoms with Gasteiger partial charge in [-0.3, -0.25) is 4.79 Å². The number of carbonyl (C=O) groups is 2. The van der Waals surface area contributed by atoms with Gasteiger partial charge < -0.3 is 14.2 Å². The van der Waals surface area contributed by atoms with Crippen LogP contribution in [0, 0.1) is 3.57 Å². The molecule has 0 saturated carbocycles. The highest BCUT2D eigenvalue weighted by atomic mass is 127. The van der Waals surface area contributed by atoms with E-state index in [4.69, 9.17) is 9.47 Å². The maximum absolute atomic E-state index is 12.3. The molecule has 0 heterocycles. The number of esters is 2. The summed E-state index contributed by atoms with van der Waals surface area (Å²) in [5, 5.41) is 0. The minimum Gasteiger partial charge on any atom is -0.475 e. The first-order valence-electron chi connectivity index (χ1n) is 8.22. The SMILES string of the molecule is COC(=O)CCCc1ccc(OC(C)(C)C(=O)OC(C)(C)C)c(I)c1. The van der Waals surface area contributed by atoms with Crippen molar-refractivity contribution in [3.63, 3.8) is 0 Å². The van der Waals surface area contributed by atoms with Crippen LogP contribution in [0.5, 0.6) is 5.75 Å². The number of halogens is 1. The fraction of sp³-hybridized carbons (Fsp3) is 0.579. The molecule has 5 nitrogen and oxygen atoms in total. The van der Waals surface area contributed by atoms with Crippen LogP contribution in [0.1, 0.15) is 53.0 Å². The van der Waals surface area contributed by atoms with Gasteiger partial charge in [-0.25, -0.2) is 4.79 Å². The quantitative estimate of drug-likeness (QED) is 0.447. The Morgan fingerprint density at radius 2 is 1.76 bits per heavy atom. The van der Waals surface area contributed by atoms with Crippen molar-refractivity contribution in [1.82, 2.24) is 0 Å². The number of hydrogen-bond donors (Lipinski definition) is 0. The Labute approximate surface area is 163 Å². The molecule has 1 aromatic carbocycles. The van der Waals surface area contributed by atoms with E-state index in [0.29, 0.717) is 12.2 Å². The second-order valence-corrected chi connectivity index (χ2v) is 8.47. The molecule has 140 valence electrons. The van der Waals surface area contributed by atoms with E-state index >= 15 is 0 Å².